The average Bonchev–Trinajstić information content (AvgIpc) is 3.40. The fraction of sp³-hybridized carbons (Fsp3) is 0.167. The molecule has 10 nitrogen and oxygen atoms in total. The van der Waals surface area contributed by atoms with Crippen LogP contribution >= 0.6 is 0 Å². The maximum Gasteiger partial charge on any atom is 0.276 e. The predicted octanol–water partition coefficient (Wildman–Crippen LogP) is 6.50. The van der Waals surface area contributed by atoms with Crippen molar-refractivity contribution in [2.45, 2.75) is 20.8 Å². The molecule has 0 unspecified atom stereocenters. The van der Waals surface area contributed by atoms with Crippen LogP contribution in [0.25, 0.3) is 16.9 Å². The van der Waals surface area contributed by atoms with Gasteiger partial charge in [0.15, 0.2) is 11.3 Å². The van der Waals surface area contributed by atoms with E-state index in [-0.39, 0.29) is 22.8 Å². The summed E-state index contributed by atoms with van der Waals surface area (Å²) >= 11 is 0. The van der Waals surface area contributed by atoms with Gasteiger partial charge in [-0.05, 0) is 39.0 Å². The van der Waals surface area contributed by atoms with Gasteiger partial charge in [0.25, 0.3) is 11.6 Å². The number of carbonyl (C=O) groups excluding carboxylic acids is 1. The lowest BCUT2D eigenvalue weighted by Crippen LogP contribution is -2.21. The zero-order chi connectivity index (χ0) is 28.2. The Hall–Kier alpha value is -5.25. The molecule has 40 heavy (non-hydrogen) atoms. The molecule has 0 fully saturated rings. The van der Waals surface area contributed by atoms with Crippen LogP contribution in [0.2, 0.25) is 0 Å². The molecule has 0 aliphatic heterocycles. The third-order valence-electron chi connectivity index (χ3n) is 6.45. The third-order valence-corrected chi connectivity index (χ3v) is 6.45. The summed E-state index contributed by atoms with van der Waals surface area (Å²) in [7, 11) is 0. The number of nitro benzene ring substituents is 1. The largest absolute Gasteiger partial charge is 0.457 e. The number of anilines is 2. The highest BCUT2D eigenvalue weighted by Gasteiger charge is 2.18. The highest BCUT2D eigenvalue weighted by Crippen LogP contribution is 2.32. The second-order valence-electron chi connectivity index (χ2n) is 9.15. The van der Waals surface area contributed by atoms with Crippen molar-refractivity contribution in [3.05, 3.63) is 106 Å². The summed E-state index contributed by atoms with van der Waals surface area (Å²) in [5.74, 6) is 0.223. The van der Waals surface area contributed by atoms with E-state index in [1.165, 1.54) is 12.1 Å². The topological polar surface area (TPSA) is 115 Å². The van der Waals surface area contributed by atoms with Crippen molar-refractivity contribution in [3.63, 3.8) is 0 Å². The Morgan fingerprint density at radius 3 is 2.48 bits per heavy atom. The van der Waals surface area contributed by atoms with Crippen molar-refractivity contribution in [2.24, 2.45) is 0 Å². The second-order valence-corrected chi connectivity index (χ2v) is 9.15. The van der Waals surface area contributed by atoms with Crippen LogP contribution in [0.5, 0.6) is 11.5 Å². The van der Waals surface area contributed by atoms with Crippen LogP contribution in [0.4, 0.5) is 17.1 Å². The summed E-state index contributed by atoms with van der Waals surface area (Å²) < 4.78 is 7.57. The molecule has 5 aromatic rings. The van der Waals surface area contributed by atoms with Gasteiger partial charge >= 0.3 is 0 Å². The minimum absolute atomic E-state index is 0.127. The van der Waals surface area contributed by atoms with Gasteiger partial charge in [0.2, 0.25) is 0 Å². The fourth-order valence-corrected chi connectivity index (χ4v) is 4.48. The number of aromatic nitrogens is 3. The summed E-state index contributed by atoms with van der Waals surface area (Å²) in [5.41, 5.74) is 4.14. The molecule has 0 atom stereocenters. The Balaban J connectivity index is 1.41. The number of nitrogens with zero attached hydrogens (tertiary/aromatic N) is 5. The number of aryl methyl sites for hydroxylation is 1. The van der Waals surface area contributed by atoms with Crippen LogP contribution in [-0.2, 0) is 0 Å². The number of hydrogen-bond acceptors (Lipinski definition) is 7. The lowest BCUT2D eigenvalue weighted by molar-refractivity contribution is -0.384. The lowest BCUT2D eigenvalue weighted by Gasteiger charge is -2.21. The number of hydrogen-bond donors (Lipinski definition) is 1. The number of ether oxygens (including phenoxy) is 1. The molecule has 0 spiro atoms. The van der Waals surface area contributed by atoms with Gasteiger partial charge < -0.3 is 15.0 Å². The van der Waals surface area contributed by atoms with Crippen molar-refractivity contribution in [1.82, 2.24) is 14.6 Å². The molecule has 2 aromatic heterocycles. The first-order chi connectivity index (χ1) is 19.3. The van der Waals surface area contributed by atoms with Crippen molar-refractivity contribution < 1.29 is 14.5 Å². The van der Waals surface area contributed by atoms with Gasteiger partial charge in [-0.25, -0.2) is 9.50 Å². The zero-order valence-corrected chi connectivity index (χ0v) is 22.4. The normalized spacial score (nSPS) is 10.9. The Kier molecular flexibility index (Phi) is 7.41. The van der Waals surface area contributed by atoms with Crippen molar-refractivity contribution in [1.29, 1.82) is 0 Å². The van der Waals surface area contributed by atoms with E-state index in [4.69, 9.17) is 4.74 Å². The summed E-state index contributed by atoms with van der Waals surface area (Å²) in [6.07, 6.45) is 0. The number of rotatable bonds is 9. The highest BCUT2D eigenvalue weighted by atomic mass is 16.6. The quantitative estimate of drug-likeness (QED) is 0.169. The number of non-ortho nitro benzene ring substituents is 1. The molecular formula is C30H28N6O4. The van der Waals surface area contributed by atoms with Crippen LogP contribution in [0.15, 0.2) is 84.9 Å². The van der Waals surface area contributed by atoms with E-state index >= 15 is 0 Å². The number of fused-ring (bicyclic) bond motifs is 1. The molecular weight excluding hydrogens is 508 g/mol. The minimum Gasteiger partial charge on any atom is -0.457 e. The van der Waals surface area contributed by atoms with Gasteiger partial charge in [-0.1, -0.05) is 36.4 Å². The number of benzene rings is 3. The molecule has 1 N–H and O–H groups in total. The molecule has 0 saturated carbocycles. The Labute approximate surface area is 231 Å². The summed E-state index contributed by atoms with van der Waals surface area (Å²) in [5, 5.41) is 18.8. The van der Waals surface area contributed by atoms with Gasteiger partial charge in [-0.2, -0.15) is 5.10 Å². The summed E-state index contributed by atoms with van der Waals surface area (Å²) in [4.78, 5) is 31.1. The van der Waals surface area contributed by atoms with Crippen LogP contribution < -0.4 is 15.0 Å². The van der Waals surface area contributed by atoms with E-state index in [0.717, 1.165) is 35.7 Å². The van der Waals surface area contributed by atoms with E-state index in [9.17, 15) is 14.9 Å². The molecule has 0 radical (unpaired) electrons. The zero-order valence-electron chi connectivity index (χ0n) is 22.4. The standard InChI is InChI=1S/C30H28N6O4/c1-4-34(5-2)23-12-9-13-25(17-23)40-26-16-22(15-24(18-26)36(38)39)31-30(37)28-19-29-32-27(14-20(3)35(29)33-28)21-10-7-6-8-11-21/h6-19H,4-5H2,1-3H3,(H,31,37). The molecule has 0 bridgehead atoms. The SMILES string of the molecule is CCN(CC)c1cccc(Oc2cc(NC(=O)c3cc4nc(-c5ccccc5)cc(C)n4n3)cc([N+](=O)[O-])c2)c1. The Morgan fingerprint density at radius 2 is 1.75 bits per heavy atom. The predicted molar refractivity (Wildman–Crippen MR) is 154 cm³/mol. The summed E-state index contributed by atoms with van der Waals surface area (Å²) in [6, 6.07) is 24.9. The van der Waals surface area contributed by atoms with Crippen LogP contribution in [0.1, 0.15) is 30.0 Å². The molecule has 2 heterocycles. The number of nitrogens with one attached hydrogen (secondary N) is 1. The smallest absolute Gasteiger partial charge is 0.276 e. The molecule has 0 aliphatic rings. The first-order valence-electron chi connectivity index (χ1n) is 12.9. The highest BCUT2D eigenvalue weighted by molar-refractivity contribution is 6.03. The average molecular weight is 537 g/mol. The van der Waals surface area contributed by atoms with Gasteiger partial charge in [0, 0.05) is 54.3 Å². The van der Waals surface area contributed by atoms with Crippen LogP contribution in [0, 0.1) is 17.0 Å². The van der Waals surface area contributed by atoms with Gasteiger partial charge in [-0.3, -0.25) is 14.9 Å². The van der Waals surface area contributed by atoms with Crippen molar-refractivity contribution in [2.75, 3.05) is 23.3 Å². The fourth-order valence-electron chi connectivity index (χ4n) is 4.48. The minimum atomic E-state index is -0.530. The van der Waals surface area contributed by atoms with E-state index in [1.807, 2.05) is 61.5 Å². The van der Waals surface area contributed by atoms with E-state index in [1.54, 1.807) is 22.7 Å². The van der Waals surface area contributed by atoms with Crippen molar-refractivity contribution in [3.8, 4) is 22.8 Å². The Morgan fingerprint density at radius 1 is 0.975 bits per heavy atom. The van der Waals surface area contributed by atoms with E-state index in [2.05, 4.69) is 34.1 Å². The molecule has 0 aliphatic carbocycles. The maximum atomic E-state index is 13.2. The third kappa shape index (κ3) is 5.60. The summed E-state index contributed by atoms with van der Waals surface area (Å²) in [6.45, 7) is 7.68. The molecule has 1 amide bonds. The molecule has 202 valence electrons. The van der Waals surface area contributed by atoms with Gasteiger partial charge in [0.1, 0.15) is 11.5 Å². The first-order valence-corrected chi connectivity index (χ1v) is 12.9. The van der Waals surface area contributed by atoms with Crippen LogP contribution in [-0.4, -0.2) is 38.5 Å². The molecule has 10 heteroatoms. The van der Waals surface area contributed by atoms with E-state index < -0.39 is 10.8 Å². The first kappa shape index (κ1) is 26.4. The second kappa shape index (κ2) is 11.2. The monoisotopic (exact) mass is 536 g/mol. The molecule has 0 saturated heterocycles. The maximum absolute atomic E-state index is 13.2. The molecule has 3 aromatic carbocycles. The van der Waals surface area contributed by atoms with Gasteiger partial charge in [0.05, 0.1) is 22.4 Å². The van der Waals surface area contributed by atoms with Crippen LogP contribution in [0.3, 0.4) is 0 Å². The number of nitro groups is 1. The van der Waals surface area contributed by atoms with E-state index in [0.29, 0.717) is 11.4 Å². The van der Waals surface area contributed by atoms with Gasteiger partial charge in [-0.15, -0.1) is 0 Å². The lowest BCUT2D eigenvalue weighted by atomic mass is 10.1. The van der Waals surface area contributed by atoms with Crippen molar-refractivity contribution >= 4 is 28.6 Å². The number of carbonyl (C=O) groups is 1. The Bertz CT molecular complexity index is 1700. The molecule has 5 rings (SSSR count). The number of amides is 1.